The van der Waals surface area contributed by atoms with Gasteiger partial charge in [0.1, 0.15) is 0 Å². The predicted molar refractivity (Wildman–Crippen MR) is 104 cm³/mol. The lowest BCUT2D eigenvalue weighted by Crippen LogP contribution is -2.20. The molecule has 0 saturated carbocycles. The molecule has 0 aliphatic carbocycles. The number of benzene rings is 2. The van der Waals surface area contributed by atoms with Crippen molar-refractivity contribution in [1.29, 1.82) is 0 Å². The Balaban J connectivity index is 1.89. The number of anilines is 1. The predicted octanol–water partition coefficient (Wildman–Crippen LogP) is 3.52. The van der Waals surface area contributed by atoms with Gasteiger partial charge < -0.3 is 19.5 Å². The van der Waals surface area contributed by atoms with Crippen LogP contribution in [0.25, 0.3) is 6.08 Å². The molecule has 0 aliphatic rings. The van der Waals surface area contributed by atoms with Gasteiger partial charge in [0, 0.05) is 11.8 Å². The molecule has 0 fully saturated rings. The quantitative estimate of drug-likeness (QED) is 0.597. The van der Waals surface area contributed by atoms with E-state index >= 15 is 0 Å². The maximum Gasteiger partial charge on any atom is 0.331 e. The lowest BCUT2D eigenvalue weighted by molar-refractivity contribution is -0.142. The first-order valence-corrected chi connectivity index (χ1v) is 8.37. The third-order valence-corrected chi connectivity index (χ3v) is 3.83. The highest BCUT2D eigenvalue weighted by Gasteiger charge is 2.08. The first-order valence-electron chi connectivity index (χ1n) is 8.37. The van der Waals surface area contributed by atoms with E-state index in [1.54, 1.807) is 31.4 Å². The smallest absolute Gasteiger partial charge is 0.331 e. The maximum absolute atomic E-state index is 12.0. The molecule has 0 aliphatic heterocycles. The molecule has 0 spiro atoms. The minimum atomic E-state index is -0.610. The summed E-state index contributed by atoms with van der Waals surface area (Å²) in [4.78, 5) is 23.8. The van der Waals surface area contributed by atoms with E-state index in [1.807, 2.05) is 32.0 Å². The number of methoxy groups -OCH3 is 2. The average molecular weight is 369 g/mol. The van der Waals surface area contributed by atoms with Crippen LogP contribution in [0.15, 0.2) is 42.5 Å². The van der Waals surface area contributed by atoms with E-state index < -0.39 is 11.9 Å². The summed E-state index contributed by atoms with van der Waals surface area (Å²) in [5, 5.41) is 2.74. The third kappa shape index (κ3) is 5.88. The second kappa shape index (κ2) is 9.43. The molecule has 142 valence electrons. The summed E-state index contributed by atoms with van der Waals surface area (Å²) in [6.07, 6.45) is 2.83. The second-order valence-electron chi connectivity index (χ2n) is 5.92. The van der Waals surface area contributed by atoms with Crippen molar-refractivity contribution in [3.8, 4) is 11.5 Å². The van der Waals surface area contributed by atoms with Crippen molar-refractivity contribution in [1.82, 2.24) is 0 Å². The molecule has 6 nitrogen and oxygen atoms in total. The molecule has 6 heteroatoms. The van der Waals surface area contributed by atoms with Crippen LogP contribution < -0.4 is 14.8 Å². The molecule has 0 unspecified atom stereocenters. The van der Waals surface area contributed by atoms with Crippen LogP contribution in [0.1, 0.15) is 16.7 Å². The maximum atomic E-state index is 12.0. The fraction of sp³-hybridized carbons (Fsp3) is 0.238. The zero-order valence-corrected chi connectivity index (χ0v) is 15.9. The summed E-state index contributed by atoms with van der Waals surface area (Å²) in [6.45, 7) is 3.48. The average Bonchev–Trinajstić information content (AvgIpc) is 2.67. The Kier molecular flexibility index (Phi) is 7.00. The minimum absolute atomic E-state index is 0.359. The van der Waals surface area contributed by atoms with Gasteiger partial charge in [0.05, 0.1) is 14.2 Å². The van der Waals surface area contributed by atoms with Crippen LogP contribution in [0.5, 0.6) is 11.5 Å². The number of carbonyl (C=O) groups excluding carboxylic acids is 2. The third-order valence-electron chi connectivity index (χ3n) is 3.83. The Morgan fingerprint density at radius 3 is 2.44 bits per heavy atom. The van der Waals surface area contributed by atoms with Gasteiger partial charge in [0.15, 0.2) is 18.1 Å². The first-order chi connectivity index (χ1) is 12.9. The van der Waals surface area contributed by atoms with Crippen molar-refractivity contribution < 1.29 is 23.8 Å². The summed E-state index contributed by atoms with van der Waals surface area (Å²) in [6, 6.07) is 11.0. The van der Waals surface area contributed by atoms with Crippen molar-refractivity contribution >= 4 is 23.6 Å². The molecule has 27 heavy (non-hydrogen) atoms. The number of hydrogen-bond donors (Lipinski definition) is 1. The largest absolute Gasteiger partial charge is 0.493 e. The van der Waals surface area contributed by atoms with Crippen LogP contribution in [-0.4, -0.2) is 32.7 Å². The number of rotatable bonds is 7. The highest BCUT2D eigenvalue weighted by molar-refractivity contribution is 5.95. The SMILES string of the molecule is COc1ccc(/C=C/C(=O)OCC(=O)Nc2cc(C)ccc2C)cc1OC. The topological polar surface area (TPSA) is 73.9 Å². The highest BCUT2D eigenvalue weighted by Crippen LogP contribution is 2.27. The molecule has 0 aromatic heterocycles. The Morgan fingerprint density at radius 2 is 1.74 bits per heavy atom. The van der Waals surface area contributed by atoms with Gasteiger partial charge in [-0.25, -0.2) is 4.79 Å². The molecule has 1 N–H and O–H groups in total. The molecule has 0 saturated heterocycles. The number of esters is 1. The fourth-order valence-corrected chi connectivity index (χ4v) is 2.36. The number of aryl methyl sites for hydroxylation is 2. The molecule has 0 radical (unpaired) electrons. The van der Waals surface area contributed by atoms with E-state index in [1.165, 1.54) is 13.2 Å². The van der Waals surface area contributed by atoms with Crippen LogP contribution in [0.4, 0.5) is 5.69 Å². The molecule has 1 amide bonds. The number of carbonyl (C=O) groups is 2. The van der Waals surface area contributed by atoms with Crippen LogP contribution in [0, 0.1) is 13.8 Å². The lowest BCUT2D eigenvalue weighted by atomic mass is 10.1. The van der Waals surface area contributed by atoms with Gasteiger partial charge in [-0.15, -0.1) is 0 Å². The van der Waals surface area contributed by atoms with Gasteiger partial charge in [0.2, 0.25) is 0 Å². The van der Waals surface area contributed by atoms with Gasteiger partial charge >= 0.3 is 5.97 Å². The van der Waals surface area contributed by atoms with Crippen LogP contribution in [0.3, 0.4) is 0 Å². The molecular formula is C21H23NO5. The lowest BCUT2D eigenvalue weighted by Gasteiger charge is -2.09. The van der Waals surface area contributed by atoms with Gasteiger partial charge in [0.25, 0.3) is 5.91 Å². The van der Waals surface area contributed by atoms with Gasteiger partial charge in [-0.05, 0) is 54.8 Å². The van der Waals surface area contributed by atoms with Crippen LogP contribution in [-0.2, 0) is 14.3 Å². The van der Waals surface area contributed by atoms with Gasteiger partial charge in [-0.1, -0.05) is 18.2 Å². The zero-order chi connectivity index (χ0) is 19.8. The van der Waals surface area contributed by atoms with E-state index in [4.69, 9.17) is 14.2 Å². The monoisotopic (exact) mass is 369 g/mol. The van der Waals surface area contributed by atoms with Crippen molar-refractivity contribution in [2.45, 2.75) is 13.8 Å². The Labute approximate surface area is 158 Å². The molecule has 0 atom stereocenters. The number of ether oxygens (including phenoxy) is 3. The van der Waals surface area contributed by atoms with E-state index in [9.17, 15) is 9.59 Å². The highest BCUT2D eigenvalue weighted by atomic mass is 16.5. The van der Waals surface area contributed by atoms with Crippen molar-refractivity contribution in [3.05, 3.63) is 59.2 Å². The minimum Gasteiger partial charge on any atom is -0.493 e. The molecule has 2 aromatic carbocycles. The molecule has 2 rings (SSSR count). The van der Waals surface area contributed by atoms with Crippen molar-refractivity contribution in [2.24, 2.45) is 0 Å². The normalized spacial score (nSPS) is 10.5. The number of amides is 1. The van der Waals surface area contributed by atoms with E-state index in [0.29, 0.717) is 17.2 Å². The number of nitrogens with one attached hydrogen (secondary N) is 1. The Hall–Kier alpha value is -3.28. The van der Waals surface area contributed by atoms with Crippen molar-refractivity contribution in [2.75, 3.05) is 26.1 Å². The molecule has 0 heterocycles. The summed E-state index contributed by atoms with van der Waals surface area (Å²) in [5.41, 5.74) is 3.42. The molecule has 0 bridgehead atoms. The fourth-order valence-electron chi connectivity index (χ4n) is 2.36. The van der Waals surface area contributed by atoms with Crippen LogP contribution >= 0.6 is 0 Å². The van der Waals surface area contributed by atoms with Gasteiger partial charge in [-0.3, -0.25) is 4.79 Å². The van der Waals surface area contributed by atoms with Crippen LogP contribution in [0.2, 0.25) is 0 Å². The summed E-state index contributed by atoms with van der Waals surface area (Å²) in [5.74, 6) is 0.152. The summed E-state index contributed by atoms with van der Waals surface area (Å²) < 4.78 is 15.3. The number of hydrogen-bond acceptors (Lipinski definition) is 5. The van der Waals surface area contributed by atoms with E-state index in [0.717, 1.165) is 16.7 Å². The Bertz CT molecular complexity index is 858. The standard InChI is InChI=1S/C21H23NO5/c1-14-5-6-15(2)17(11-14)22-20(23)13-27-21(24)10-8-16-7-9-18(25-3)19(12-16)26-4/h5-12H,13H2,1-4H3,(H,22,23)/b10-8+. The summed E-state index contributed by atoms with van der Waals surface area (Å²) >= 11 is 0. The molecular weight excluding hydrogens is 346 g/mol. The first kappa shape index (κ1) is 20.0. The van der Waals surface area contributed by atoms with E-state index in [-0.39, 0.29) is 6.61 Å². The molecule has 2 aromatic rings. The summed E-state index contributed by atoms with van der Waals surface area (Å²) in [7, 11) is 3.09. The Morgan fingerprint density at radius 1 is 1.00 bits per heavy atom. The van der Waals surface area contributed by atoms with Crippen molar-refractivity contribution in [3.63, 3.8) is 0 Å². The van der Waals surface area contributed by atoms with E-state index in [2.05, 4.69) is 5.32 Å². The second-order valence-corrected chi connectivity index (χ2v) is 5.92. The zero-order valence-electron chi connectivity index (χ0n) is 15.9. The van der Waals surface area contributed by atoms with Gasteiger partial charge in [-0.2, -0.15) is 0 Å².